The van der Waals surface area contributed by atoms with Crippen molar-refractivity contribution in [3.8, 4) is 0 Å². The van der Waals surface area contributed by atoms with Gasteiger partial charge in [0.15, 0.2) is 0 Å². The lowest BCUT2D eigenvalue weighted by atomic mass is 10.1. The summed E-state index contributed by atoms with van der Waals surface area (Å²) in [6, 6.07) is 4.58. The third kappa shape index (κ3) is 2.99. The average molecular weight is 269 g/mol. The Balaban J connectivity index is 2.35. The van der Waals surface area contributed by atoms with Gasteiger partial charge in [-0.2, -0.15) is 0 Å². The summed E-state index contributed by atoms with van der Waals surface area (Å²) in [5.74, 6) is 0. The van der Waals surface area contributed by atoms with Crippen molar-refractivity contribution in [3.63, 3.8) is 0 Å². The van der Waals surface area contributed by atoms with Crippen LogP contribution in [0.25, 0.3) is 0 Å². The van der Waals surface area contributed by atoms with E-state index in [0.717, 1.165) is 19.7 Å². The summed E-state index contributed by atoms with van der Waals surface area (Å²) >= 11 is 3.61. The van der Waals surface area contributed by atoms with Crippen LogP contribution in [0.5, 0.6) is 0 Å². The van der Waals surface area contributed by atoms with Gasteiger partial charge in [-0.1, -0.05) is 0 Å². The normalized spacial score (nSPS) is 20.5. The van der Waals surface area contributed by atoms with Gasteiger partial charge in [0.25, 0.3) is 0 Å². The van der Waals surface area contributed by atoms with Crippen LogP contribution < -0.4 is 5.32 Å². The van der Waals surface area contributed by atoms with Gasteiger partial charge in [-0.25, -0.2) is 0 Å². The molecule has 1 unspecified atom stereocenters. The second kappa shape index (κ2) is 6.14. The summed E-state index contributed by atoms with van der Waals surface area (Å²) in [7, 11) is 0. The van der Waals surface area contributed by atoms with Crippen LogP contribution in [0.15, 0.2) is 21.9 Å². The number of nitrogens with one attached hydrogen (secondary N) is 1. The van der Waals surface area contributed by atoms with Gasteiger partial charge in [-0.05, 0) is 42.7 Å². The quantitative estimate of drug-likeness (QED) is 0.851. The molecule has 1 saturated heterocycles. The molecule has 2 rings (SSSR count). The number of benzene rings is 1. The molecular weight excluding hydrogens is 250 g/mol. The van der Waals surface area contributed by atoms with E-state index in [1.54, 1.807) is 11.8 Å². The van der Waals surface area contributed by atoms with Gasteiger partial charge < -0.3 is 10.1 Å². The molecule has 0 amide bonds. The molecule has 1 aliphatic heterocycles. The fourth-order valence-electron chi connectivity index (χ4n) is 2.09. The van der Waals surface area contributed by atoms with Gasteiger partial charge in [0.1, 0.15) is 0 Å². The number of morpholine rings is 1. The van der Waals surface area contributed by atoms with Crippen LogP contribution in [0.1, 0.15) is 17.2 Å². The highest BCUT2D eigenvalue weighted by Crippen LogP contribution is 2.34. The molecule has 0 bridgehead atoms. The van der Waals surface area contributed by atoms with Crippen molar-refractivity contribution in [3.05, 3.63) is 23.3 Å². The zero-order valence-electron chi connectivity index (χ0n) is 10.6. The minimum atomic E-state index is 0.206. The number of rotatable bonds is 3. The second-order valence-electron chi connectivity index (χ2n) is 4.13. The number of ether oxygens (including phenoxy) is 1. The lowest BCUT2D eigenvalue weighted by Crippen LogP contribution is -2.33. The standard InChI is InChI=1S/C13H19NOS2/c1-9-6-13(17-3)10(7-12(9)16-2)11-8-14-4-5-15-11/h6-7,11,14H,4-5,8H2,1-3H3. The van der Waals surface area contributed by atoms with Crippen molar-refractivity contribution in [1.82, 2.24) is 5.32 Å². The van der Waals surface area contributed by atoms with E-state index in [9.17, 15) is 0 Å². The Kier molecular flexibility index (Phi) is 4.79. The molecule has 1 heterocycles. The molecule has 2 nitrogen and oxygen atoms in total. The first-order valence-corrected chi connectivity index (χ1v) is 8.26. The van der Waals surface area contributed by atoms with Crippen LogP contribution in [0.4, 0.5) is 0 Å². The number of aryl methyl sites for hydroxylation is 1. The summed E-state index contributed by atoms with van der Waals surface area (Å²) in [6.07, 6.45) is 4.47. The van der Waals surface area contributed by atoms with E-state index < -0.39 is 0 Å². The molecule has 1 aromatic rings. The summed E-state index contributed by atoms with van der Waals surface area (Å²) in [4.78, 5) is 2.70. The molecule has 1 fully saturated rings. The predicted octanol–water partition coefficient (Wildman–Crippen LogP) is 3.10. The van der Waals surface area contributed by atoms with Crippen LogP contribution in [0.2, 0.25) is 0 Å². The zero-order valence-corrected chi connectivity index (χ0v) is 12.2. The van der Waals surface area contributed by atoms with Gasteiger partial charge in [0.2, 0.25) is 0 Å². The summed E-state index contributed by atoms with van der Waals surface area (Å²) in [5.41, 5.74) is 2.69. The summed E-state index contributed by atoms with van der Waals surface area (Å²) in [5, 5.41) is 3.40. The average Bonchev–Trinajstić information content (AvgIpc) is 2.39. The first kappa shape index (κ1) is 13.3. The number of hydrogen-bond donors (Lipinski definition) is 1. The Hall–Kier alpha value is -0.160. The molecule has 0 aromatic heterocycles. The Morgan fingerprint density at radius 3 is 2.59 bits per heavy atom. The lowest BCUT2D eigenvalue weighted by Gasteiger charge is -2.26. The van der Waals surface area contributed by atoms with Gasteiger partial charge >= 0.3 is 0 Å². The molecule has 0 radical (unpaired) electrons. The second-order valence-corrected chi connectivity index (χ2v) is 5.82. The maximum Gasteiger partial charge on any atom is 0.0961 e. The van der Waals surface area contributed by atoms with Crippen molar-refractivity contribution in [1.29, 1.82) is 0 Å². The molecular formula is C13H19NOS2. The Morgan fingerprint density at radius 1 is 1.24 bits per heavy atom. The van der Waals surface area contributed by atoms with Gasteiger partial charge in [0, 0.05) is 22.9 Å². The van der Waals surface area contributed by atoms with E-state index in [1.165, 1.54) is 20.9 Å². The van der Waals surface area contributed by atoms with E-state index in [-0.39, 0.29) is 6.10 Å². The fourth-order valence-corrected chi connectivity index (χ4v) is 3.44. The maximum absolute atomic E-state index is 5.86. The third-order valence-corrected chi connectivity index (χ3v) is 4.69. The van der Waals surface area contributed by atoms with Crippen LogP contribution in [-0.2, 0) is 4.74 Å². The highest BCUT2D eigenvalue weighted by molar-refractivity contribution is 7.99. The largest absolute Gasteiger partial charge is 0.371 e. The van der Waals surface area contributed by atoms with Crippen LogP contribution in [0, 0.1) is 6.92 Å². The van der Waals surface area contributed by atoms with Crippen molar-refractivity contribution in [2.75, 3.05) is 32.2 Å². The molecule has 0 saturated carbocycles. The Morgan fingerprint density at radius 2 is 2.00 bits per heavy atom. The van der Waals surface area contributed by atoms with E-state index in [2.05, 4.69) is 36.9 Å². The molecule has 1 atom stereocenters. The first-order chi connectivity index (χ1) is 8.26. The predicted molar refractivity (Wildman–Crippen MR) is 76.3 cm³/mol. The molecule has 0 aliphatic carbocycles. The Bertz CT molecular complexity index is 389. The highest BCUT2D eigenvalue weighted by atomic mass is 32.2. The van der Waals surface area contributed by atoms with E-state index in [1.807, 2.05) is 11.8 Å². The monoisotopic (exact) mass is 269 g/mol. The van der Waals surface area contributed by atoms with Crippen molar-refractivity contribution in [2.24, 2.45) is 0 Å². The smallest absolute Gasteiger partial charge is 0.0961 e. The van der Waals surface area contributed by atoms with Crippen LogP contribution >= 0.6 is 23.5 Å². The van der Waals surface area contributed by atoms with Crippen LogP contribution in [0.3, 0.4) is 0 Å². The van der Waals surface area contributed by atoms with Gasteiger partial charge in [-0.3, -0.25) is 0 Å². The van der Waals surface area contributed by atoms with E-state index in [4.69, 9.17) is 4.74 Å². The van der Waals surface area contributed by atoms with Crippen molar-refractivity contribution in [2.45, 2.75) is 22.8 Å². The van der Waals surface area contributed by atoms with Crippen molar-refractivity contribution >= 4 is 23.5 Å². The molecule has 1 aromatic carbocycles. The molecule has 1 aliphatic rings. The zero-order chi connectivity index (χ0) is 12.3. The summed E-state index contributed by atoms with van der Waals surface area (Å²) in [6.45, 7) is 4.87. The van der Waals surface area contributed by atoms with E-state index in [0.29, 0.717) is 0 Å². The van der Waals surface area contributed by atoms with Crippen molar-refractivity contribution < 1.29 is 4.74 Å². The molecule has 4 heteroatoms. The van der Waals surface area contributed by atoms with Crippen LogP contribution in [-0.4, -0.2) is 32.2 Å². The molecule has 94 valence electrons. The number of thioether (sulfide) groups is 2. The minimum Gasteiger partial charge on any atom is -0.371 e. The SMILES string of the molecule is CSc1cc(C2CNCCO2)c(SC)cc1C. The van der Waals surface area contributed by atoms with E-state index >= 15 is 0 Å². The highest BCUT2D eigenvalue weighted by Gasteiger charge is 2.19. The van der Waals surface area contributed by atoms with Gasteiger partial charge in [0.05, 0.1) is 12.7 Å². The Labute approximate surface area is 112 Å². The third-order valence-electron chi connectivity index (χ3n) is 3.02. The lowest BCUT2D eigenvalue weighted by molar-refractivity contribution is 0.0259. The summed E-state index contributed by atoms with van der Waals surface area (Å²) < 4.78 is 5.86. The molecule has 17 heavy (non-hydrogen) atoms. The fraction of sp³-hybridized carbons (Fsp3) is 0.538. The van der Waals surface area contributed by atoms with Gasteiger partial charge in [-0.15, -0.1) is 23.5 Å². The molecule has 0 spiro atoms. The molecule has 1 N–H and O–H groups in total. The first-order valence-electron chi connectivity index (χ1n) is 5.81. The number of hydrogen-bond acceptors (Lipinski definition) is 4. The maximum atomic E-state index is 5.86. The topological polar surface area (TPSA) is 21.3 Å². The minimum absolute atomic E-state index is 0.206.